The van der Waals surface area contributed by atoms with E-state index in [-0.39, 0.29) is 18.7 Å². The lowest BCUT2D eigenvalue weighted by Crippen LogP contribution is -2.19. The summed E-state index contributed by atoms with van der Waals surface area (Å²) in [5.41, 5.74) is 2.99. The molecule has 132 valence electrons. The van der Waals surface area contributed by atoms with E-state index in [1.165, 1.54) is 5.56 Å². The number of aromatic nitrogens is 1. The molecule has 5 nitrogen and oxygen atoms in total. The van der Waals surface area contributed by atoms with Crippen LogP contribution < -0.4 is 14.8 Å². The third-order valence-corrected chi connectivity index (χ3v) is 4.45. The van der Waals surface area contributed by atoms with Crippen molar-refractivity contribution in [1.82, 2.24) is 4.57 Å². The average Bonchev–Trinajstić information content (AvgIpc) is 3.31. The van der Waals surface area contributed by atoms with E-state index in [9.17, 15) is 4.79 Å². The number of nitrogens with one attached hydrogen (secondary N) is 1. The highest BCUT2D eigenvalue weighted by Crippen LogP contribution is 2.34. The molecule has 26 heavy (non-hydrogen) atoms. The number of benzene rings is 2. The Labute approximate surface area is 152 Å². The minimum Gasteiger partial charge on any atom is -0.454 e. The number of fused-ring (bicyclic) bond motifs is 1. The summed E-state index contributed by atoms with van der Waals surface area (Å²) >= 11 is 0. The minimum absolute atomic E-state index is 0.0518. The quantitative estimate of drug-likeness (QED) is 0.754. The van der Waals surface area contributed by atoms with E-state index in [0.717, 1.165) is 5.56 Å². The summed E-state index contributed by atoms with van der Waals surface area (Å²) in [5, 5.41) is 2.96. The molecule has 1 aromatic heterocycles. The normalized spacial score (nSPS) is 13.4. The Morgan fingerprint density at radius 3 is 2.69 bits per heavy atom. The fraction of sp³-hybridized carbons (Fsp3) is 0.190. The van der Waals surface area contributed by atoms with Crippen molar-refractivity contribution in [3.63, 3.8) is 0 Å². The summed E-state index contributed by atoms with van der Waals surface area (Å²) in [7, 11) is 0. The fourth-order valence-corrected chi connectivity index (χ4v) is 3.19. The first kappa shape index (κ1) is 16.3. The van der Waals surface area contributed by atoms with E-state index in [4.69, 9.17) is 9.47 Å². The maximum atomic E-state index is 12.7. The van der Waals surface area contributed by atoms with Crippen molar-refractivity contribution in [2.75, 3.05) is 12.1 Å². The number of hydrogen-bond acceptors (Lipinski definition) is 3. The largest absolute Gasteiger partial charge is 0.454 e. The SMILES string of the molecule is Cc1cccc(C(CC(=O)Nc2ccc3c(c2)OCO3)n2cccc2)c1. The first-order chi connectivity index (χ1) is 12.7. The topological polar surface area (TPSA) is 52.5 Å². The number of anilines is 1. The van der Waals surface area contributed by atoms with Gasteiger partial charge in [-0.15, -0.1) is 0 Å². The first-order valence-corrected chi connectivity index (χ1v) is 8.57. The molecule has 0 spiro atoms. The number of carbonyl (C=O) groups excluding carboxylic acids is 1. The summed E-state index contributed by atoms with van der Waals surface area (Å²) in [4.78, 5) is 12.7. The van der Waals surface area contributed by atoms with Crippen molar-refractivity contribution in [1.29, 1.82) is 0 Å². The standard InChI is InChI=1S/C21H20N2O3/c1-15-5-4-6-16(11-15)18(23-9-2-3-10-23)13-21(24)22-17-7-8-19-20(12-17)26-14-25-19/h2-12,18H,13-14H2,1H3,(H,22,24). The molecule has 4 rings (SSSR count). The summed E-state index contributed by atoms with van der Waals surface area (Å²) in [6.45, 7) is 2.28. The molecule has 0 fully saturated rings. The van der Waals surface area contributed by atoms with Gasteiger partial charge in [-0.2, -0.15) is 0 Å². The van der Waals surface area contributed by atoms with Crippen LogP contribution in [0.25, 0.3) is 0 Å². The number of amides is 1. The number of nitrogens with zero attached hydrogens (tertiary/aromatic N) is 1. The third kappa shape index (κ3) is 3.42. The van der Waals surface area contributed by atoms with Crippen LogP contribution in [-0.4, -0.2) is 17.3 Å². The van der Waals surface area contributed by atoms with Gasteiger partial charge in [-0.05, 0) is 36.8 Å². The highest BCUT2D eigenvalue weighted by Gasteiger charge is 2.19. The van der Waals surface area contributed by atoms with E-state index >= 15 is 0 Å². The van der Waals surface area contributed by atoms with Crippen LogP contribution >= 0.6 is 0 Å². The smallest absolute Gasteiger partial charge is 0.231 e. The Kier molecular flexibility index (Phi) is 4.35. The van der Waals surface area contributed by atoms with Gasteiger partial charge in [0.15, 0.2) is 11.5 Å². The van der Waals surface area contributed by atoms with Gasteiger partial charge < -0.3 is 19.4 Å². The lowest BCUT2D eigenvalue weighted by molar-refractivity contribution is -0.116. The monoisotopic (exact) mass is 348 g/mol. The maximum Gasteiger partial charge on any atom is 0.231 e. The third-order valence-electron chi connectivity index (χ3n) is 4.45. The van der Waals surface area contributed by atoms with Crippen LogP contribution in [-0.2, 0) is 4.79 Å². The van der Waals surface area contributed by atoms with Crippen LogP contribution in [0, 0.1) is 6.92 Å². The molecule has 2 aromatic carbocycles. The molecule has 0 saturated heterocycles. The molecule has 0 saturated carbocycles. The summed E-state index contributed by atoms with van der Waals surface area (Å²) in [5.74, 6) is 1.31. The molecule has 5 heteroatoms. The molecule has 1 amide bonds. The van der Waals surface area contributed by atoms with Crippen LogP contribution in [0.2, 0.25) is 0 Å². The second-order valence-electron chi connectivity index (χ2n) is 6.38. The molecule has 1 N–H and O–H groups in total. The lowest BCUT2D eigenvalue weighted by atomic mass is 10.0. The minimum atomic E-state index is -0.0566. The molecule has 1 atom stereocenters. The van der Waals surface area contributed by atoms with E-state index in [1.54, 1.807) is 6.07 Å². The molecule has 2 heterocycles. The van der Waals surface area contributed by atoms with E-state index < -0.39 is 0 Å². The van der Waals surface area contributed by atoms with Gasteiger partial charge in [0.2, 0.25) is 12.7 Å². The van der Waals surface area contributed by atoms with Crippen molar-refractivity contribution in [3.05, 3.63) is 78.1 Å². The highest BCUT2D eigenvalue weighted by atomic mass is 16.7. The molecule has 0 bridgehead atoms. The van der Waals surface area contributed by atoms with Crippen LogP contribution in [0.3, 0.4) is 0 Å². The zero-order valence-corrected chi connectivity index (χ0v) is 14.5. The summed E-state index contributed by atoms with van der Waals surface area (Å²) < 4.78 is 12.7. The molecule has 0 aliphatic carbocycles. The van der Waals surface area contributed by atoms with Crippen molar-refractivity contribution < 1.29 is 14.3 Å². The van der Waals surface area contributed by atoms with Crippen LogP contribution in [0.4, 0.5) is 5.69 Å². The van der Waals surface area contributed by atoms with Crippen molar-refractivity contribution in [2.45, 2.75) is 19.4 Å². The van der Waals surface area contributed by atoms with Crippen molar-refractivity contribution in [3.8, 4) is 11.5 Å². The van der Waals surface area contributed by atoms with Gasteiger partial charge in [0, 0.05) is 24.1 Å². The summed E-state index contributed by atoms with van der Waals surface area (Å²) in [6.07, 6.45) is 4.31. The van der Waals surface area contributed by atoms with Gasteiger partial charge in [0.1, 0.15) is 0 Å². The molecule has 1 unspecified atom stereocenters. The van der Waals surface area contributed by atoms with Crippen molar-refractivity contribution in [2.24, 2.45) is 0 Å². The Hall–Kier alpha value is -3.21. The fourth-order valence-electron chi connectivity index (χ4n) is 3.19. The molecular weight excluding hydrogens is 328 g/mol. The Bertz CT molecular complexity index is 919. The number of aryl methyl sites for hydroxylation is 1. The summed E-state index contributed by atoms with van der Waals surface area (Å²) in [6, 6.07) is 17.6. The second-order valence-corrected chi connectivity index (χ2v) is 6.38. The Balaban J connectivity index is 1.53. The van der Waals surface area contributed by atoms with Gasteiger partial charge in [-0.25, -0.2) is 0 Å². The van der Waals surface area contributed by atoms with Crippen LogP contribution in [0.15, 0.2) is 67.0 Å². The molecule has 0 radical (unpaired) electrons. The predicted octanol–water partition coefficient (Wildman–Crippen LogP) is 4.14. The zero-order chi connectivity index (χ0) is 17.9. The van der Waals surface area contributed by atoms with E-state index in [2.05, 4.69) is 35.0 Å². The maximum absolute atomic E-state index is 12.7. The van der Waals surface area contributed by atoms with Crippen LogP contribution in [0.5, 0.6) is 11.5 Å². The molecule has 3 aromatic rings. The Morgan fingerprint density at radius 1 is 1.08 bits per heavy atom. The number of rotatable bonds is 5. The highest BCUT2D eigenvalue weighted by molar-refractivity contribution is 5.91. The predicted molar refractivity (Wildman–Crippen MR) is 99.6 cm³/mol. The van der Waals surface area contributed by atoms with Gasteiger partial charge in [0.05, 0.1) is 12.5 Å². The van der Waals surface area contributed by atoms with E-state index in [0.29, 0.717) is 23.6 Å². The first-order valence-electron chi connectivity index (χ1n) is 8.57. The molecule has 1 aliphatic rings. The Morgan fingerprint density at radius 2 is 1.88 bits per heavy atom. The lowest BCUT2D eigenvalue weighted by Gasteiger charge is -2.20. The van der Waals surface area contributed by atoms with Gasteiger partial charge in [-0.3, -0.25) is 4.79 Å². The second kappa shape index (κ2) is 6.96. The number of hydrogen-bond donors (Lipinski definition) is 1. The van der Waals surface area contributed by atoms with Gasteiger partial charge >= 0.3 is 0 Å². The molecule has 1 aliphatic heterocycles. The molecular formula is C21H20N2O3. The van der Waals surface area contributed by atoms with Crippen molar-refractivity contribution >= 4 is 11.6 Å². The average molecular weight is 348 g/mol. The number of carbonyl (C=O) groups is 1. The van der Waals surface area contributed by atoms with E-state index in [1.807, 2.05) is 42.7 Å². The number of ether oxygens (including phenoxy) is 2. The van der Waals surface area contributed by atoms with Gasteiger partial charge in [-0.1, -0.05) is 29.8 Å². The zero-order valence-electron chi connectivity index (χ0n) is 14.5. The van der Waals surface area contributed by atoms with Crippen LogP contribution in [0.1, 0.15) is 23.6 Å². The van der Waals surface area contributed by atoms with Gasteiger partial charge in [0.25, 0.3) is 0 Å².